The molecule has 27 heavy (non-hydrogen) atoms. The molecule has 2 aromatic carbocycles. The Morgan fingerprint density at radius 1 is 1.15 bits per heavy atom. The highest BCUT2D eigenvalue weighted by molar-refractivity contribution is 6.35. The van der Waals surface area contributed by atoms with Crippen molar-refractivity contribution in [2.24, 2.45) is 0 Å². The number of fused-ring (bicyclic) bond motifs is 1. The molecule has 0 amide bonds. The summed E-state index contributed by atoms with van der Waals surface area (Å²) in [4.78, 5) is 0. The lowest BCUT2D eigenvalue weighted by Gasteiger charge is -2.10. The van der Waals surface area contributed by atoms with Gasteiger partial charge in [-0.05, 0) is 35.9 Å². The number of aliphatic hydroxyl groups is 1. The fourth-order valence-electron chi connectivity index (χ4n) is 2.60. The van der Waals surface area contributed by atoms with Crippen molar-refractivity contribution < 1.29 is 23.0 Å². The first-order chi connectivity index (χ1) is 12.8. The maximum absolute atomic E-state index is 12.5. The number of hydrogen-bond acceptors (Lipinski definition) is 3. The van der Waals surface area contributed by atoms with Gasteiger partial charge in [-0.25, -0.2) is 0 Å². The lowest BCUT2D eigenvalue weighted by Crippen LogP contribution is -2.17. The monoisotopic (exact) mass is 416 g/mol. The van der Waals surface area contributed by atoms with Crippen LogP contribution in [0.3, 0.4) is 0 Å². The molecular formula is C18H13Cl2F3N2O2. The van der Waals surface area contributed by atoms with E-state index in [9.17, 15) is 13.2 Å². The normalized spacial score (nSPS) is 12.2. The third-order valence-corrected chi connectivity index (χ3v) is 4.29. The second-order valence-corrected chi connectivity index (χ2v) is 6.43. The van der Waals surface area contributed by atoms with Crippen LogP contribution in [-0.4, -0.2) is 27.9 Å². The van der Waals surface area contributed by atoms with E-state index in [1.54, 1.807) is 24.3 Å². The van der Waals surface area contributed by atoms with Crippen molar-refractivity contribution in [3.05, 3.63) is 63.8 Å². The van der Waals surface area contributed by atoms with Crippen LogP contribution in [0.2, 0.25) is 10.0 Å². The third kappa shape index (κ3) is 4.74. The topological polar surface area (TPSA) is 47.3 Å². The van der Waals surface area contributed by atoms with Gasteiger partial charge in [0.25, 0.3) is 0 Å². The first kappa shape index (κ1) is 19.5. The van der Waals surface area contributed by atoms with E-state index in [1.807, 2.05) is 0 Å². The Bertz CT molecular complexity index is 1000. The lowest BCUT2D eigenvalue weighted by atomic mass is 10.2. The zero-order valence-corrected chi connectivity index (χ0v) is 15.2. The second-order valence-electron chi connectivity index (χ2n) is 5.59. The third-order valence-electron chi connectivity index (χ3n) is 3.70. The van der Waals surface area contributed by atoms with Gasteiger partial charge in [0, 0.05) is 21.5 Å². The molecule has 4 nitrogen and oxygen atoms in total. The van der Waals surface area contributed by atoms with Crippen molar-refractivity contribution in [1.29, 1.82) is 0 Å². The summed E-state index contributed by atoms with van der Waals surface area (Å²) in [6.07, 6.45) is -1.72. The van der Waals surface area contributed by atoms with Crippen molar-refractivity contribution in [2.45, 2.75) is 12.9 Å². The van der Waals surface area contributed by atoms with Crippen LogP contribution in [-0.2, 0) is 6.54 Å². The Labute approximate surface area is 162 Å². The number of alkyl halides is 3. The van der Waals surface area contributed by atoms with Crippen LogP contribution in [0.5, 0.6) is 5.75 Å². The molecule has 0 bridgehead atoms. The van der Waals surface area contributed by atoms with Gasteiger partial charge in [-0.1, -0.05) is 35.3 Å². The van der Waals surface area contributed by atoms with E-state index in [0.717, 1.165) is 0 Å². The summed E-state index contributed by atoms with van der Waals surface area (Å²) in [6.45, 7) is 0.0293. The standard InChI is InChI=1S/C18H13Cl2F3N2O2/c19-12-4-3-11(15(20)8-12)10-25-17-9-13(27-18(21,22)23)5-6-14(17)16(24-25)2-1-7-26/h1-6,8-9,26H,7,10H2. The molecule has 0 spiro atoms. The Morgan fingerprint density at radius 3 is 2.59 bits per heavy atom. The van der Waals surface area contributed by atoms with Crippen LogP contribution in [0.15, 0.2) is 42.5 Å². The van der Waals surface area contributed by atoms with Gasteiger partial charge in [-0.3, -0.25) is 4.68 Å². The summed E-state index contributed by atoms with van der Waals surface area (Å²) in [5.74, 6) is -0.351. The number of aliphatic hydroxyl groups excluding tert-OH is 1. The molecule has 142 valence electrons. The van der Waals surface area contributed by atoms with Crippen molar-refractivity contribution in [3.63, 3.8) is 0 Å². The SMILES string of the molecule is OCC=Cc1nn(Cc2ccc(Cl)cc2Cl)c2cc(OC(F)(F)F)ccc12. The molecule has 0 aliphatic rings. The molecule has 1 heterocycles. The number of rotatable bonds is 5. The lowest BCUT2D eigenvalue weighted by molar-refractivity contribution is -0.274. The minimum Gasteiger partial charge on any atom is -0.406 e. The highest BCUT2D eigenvalue weighted by atomic mass is 35.5. The summed E-state index contributed by atoms with van der Waals surface area (Å²) in [5, 5.41) is 14.9. The fourth-order valence-corrected chi connectivity index (χ4v) is 3.06. The van der Waals surface area contributed by atoms with Crippen molar-refractivity contribution in [3.8, 4) is 5.75 Å². The van der Waals surface area contributed by atoms with Gasteiger partial charge >= 0.3 is 6.36 Å². The molecule has 3 rings (SSSR count). The van der Waals surface area contributed by atoms with Gasteiger partial charge in [0.1, 0.15) is 5.75 Å². The summed E-state index contributed by atoms with van der Waals surface area (Å²) in [5.41, 5.74) is 1.63. The molecule has 0 aliphatic carbocycles. The summed E-state index contributed by atoms with van der Waals surface area (Å²) in [6, 6.07) is 8.93. The van der Waals surface area contributed by atoms with E-state index in [4.69, 9.17) is 28.3 Å². The van der Waals surface area contributed by atoms with Crippen molar-refractivity contribution in [2.75, 3.05) is 6.61 Å². The van der Waals surface area contributed by atoms with E-state index < -0.39 is 6.36 Å². The van der Waals surface area contributed by atoms with E-state index in [1.165, 1.54) is 29.0 Å². The molecule has 0 fully saturated rings. The molecule has 1 N–H and O–H groups in total. The van der Waals surface area contributed by atoms with Gasteiger partial charge in [0.2, 0.25) is 0 Å². The molecule has 0 unspecified atom stereocenters. The molecule has 0 saturated heterocycles. The molecular weight excluding hydrogens is 404 g/mol. The largest absolute Gasteiger partial charge is 0.573 e. The maximum Gasteiger partial charge on any atom is 0.573 e. The number of halogens is 5. The van der Waals surface area contributed by atoms with Crippen LogP contribution in [0.25, 0.3) is 17.0 Å². The van der Waals surface area contributed by atoms with Crippen molar-refractivity contribution >= 4 is 40.2 Å². The van der Waals surface area contributed by atoms with Gasteiger partial charge in [-0.15, -0.1) is 13.2 Å². The molecule has 1 aromatic heterocycles. The van der Waals surface area contributed by atoms with E-state index >= 15 is 0 Å². The molecule has 3 aromatic rings. The number of aromatic nitrogens is 2. The highest BCUT2D eigenvalue weighted by Crippen LogP contribution is 2.30. The Morgan fingerprint density at radius 2 is 1.93 bits per heavy atom. The summed E-state index contributed by atoms with van der Waals surface area (Å²) in [7, 11) is 0. The first-order valence-electron chi connectivity index (χ1n) is 7.74. The van der Waals surface area contributed by atoms with Gasteiger partial charge in [-0.2, -0.15) is 5.10 Å². The van der Waals surface area contributed by atoms with Gasteiger partial charge in [0.15, 0.2) is 0 Å². The smallest absolute Gasteiger partial charge is 0.406 e. The maximum atomic E-state index is 12.5. The number of benzene rings is 2. The quantitative estimate of drug-likeness (QED) is 0.614. The number of nitrogens with zero attached hydrogens (tertiary/aromatic N) is 2. The summed E-state index contributed by atoms with van der Waals surface area (Å²) < 4.78 is 43.1. The van der Waals surface area contributed by atoms with Crippen LogP contribution in [0, 0.1) is 0 Å². The van der Waals surface area contributed by atoms with Crippen LogP contribution in [0.4, 0.5) is 13.2 Å². The van der Waals surface area contributed by atoms with E-state index in [2.05, 4.69) is 9.84 Å². The van der Waals surface area contributed by atoms with Crippen LogP contribution < -0.4 is 4.74 Å². The minimum absolute atomic E-state index is 0.188. The molecule has 0 atom stereocenters. The average molecular weight is 417 g/mol. The zero-order chi connectivity index (χ0) is 19.6. The predicted octanol–water partition coefficient (Wildman–Crippen LogP) is 5.30. The Hall–Kier alpha value is -2.22. The average Bonchev–Trinajstić information content (AvgIpc) is 2.91. The molecule has 0 aliphatic heterocycles. The van der Waals surface area contributed by atoms with Crippen LogP contribution in [0.1, 0.15) is 11.3 Å². The minimum atomic E-state index is -4.79. The zero-order valence-electron chi connectivity index (χ0n) is 13.7. The van der Waals surface area contributed by atoms with Crippen LogP contribution >= 0.6 is 23.2 Å². The Balaban J connectivity index is 2.08. The van der Waals surface area contributed by atoms with Gasteiger partial charge in [0.05, 0.1) is 24.4 Å². The summed E-state index contributed by atoms with van der Waals surface area (Å²) >= 11 is 12.1. The van der Waals surface area contributed by atoms with E-state index in [0.29, 0.717) is 32.2 Å². The van der Waals surface area contributed by atoms with Crippen molar-refractivity contribution in [1.82, 2.24) is 9.78 Å². The molecule has 0 saturated carbocycles. The first-order valence-corrected chi connectivity index (χ1v) is 8.50. The highest BCUT2D eigenvalue weighted by Gasteiger charge is 2.31. The fraction of sp³-hybridized carbons (Fsp3) is 0.167. The van der Waals surface area contributed by atoms with E-state index in [-0.39, 0.29) is 18.9 Å². The number of ether oxygens (including phenoxy) is 1. The molecule has 0 radical (unpaired) electrons. The predicted molar refractivity (Wildman–Crippen MR) is 98.1 cm³/mol. The number of hydrogen-bond donors (Lipinski definition) is 1. The molecule has 9 heteroatoms. The Kier molecular flexibility index (Phi) is 5.64. The second kappa shape index (κ2) is 7.80. The van der Waals surface area contributed by atoms with Gasteiger partial charge < -0.3 is 9.84 Å².